The number of amides is 1. The lowest BCUT2D eigenvalue weighted by molar-refractivity contribution is -0.116. The Morgan fingerprint density at radius 2 is 1.82 bits per heavy atom. The van der Waals surface area contributed by atoms with Crippen LogP contribution < -0.4 is 5.32 Å². The maximum Gasteiger partial charge on any atom is 0.224 e. The molecule has 28 heavy (non-hydrogen) atoms. The van der Waals surface area contributed by atoms with Gasteiger partial charge in [0.05, 0.1) is 0 Å². The highest BCUT2D eigenvalue weighted by molar-refractivity contribution is 5.90. The van der Waals surface area contributed by atoms with Crippen LogP contribution in [0.5, 0.6) is 0 Å². The molecule has 2 N–H and O–H groups in total. The standard InChI is InChI=1S/C22H17F2N3O/c23-18-10-19(24)12-20(11-18)27-21(28)5-4-14-2-1-3-15(8-14)17-9-16-6-7-25-22(16)26-13-17/h1-3,6-13H,4-5H2,(H,25,26)(H,27,28). The van der Waals surface area contributed by atoms with Crippen LogP contribution in [0.4, 0.5) is 14.5 Å². The lowest BCUT2D eigenvalue weighted by Crippen LogP contribution is -2.12. The summed E-state index contributed by atoms with van der Waals surface area (Å²) in [5.74, 6) is -1.75. The number of aryl methyl sites for hydroxylation is 1. The first kappa shape index (κ1) is 17.9. The summed E-state index contributed by atoms with van der Waals surface area (Å²) < 4.78 is 26.4. The van der Waals surface area contributed by atoms with Crippen molar-refractivity contribution in [2.75, 3.05) is 5.32 Å². The summed E-state index contributed by atoms with van der Waals surface area (Å²) in [6.45, 7) is 0. The van der Waals surface area contributed by atoms with Gasteiger partial charge in [-0.1, -0.05) is 24.3 Å². The molecule has 2 heterocycles. The highest BCUT2D eigenvalue weighted by atomic mass is 19.1. The van der Waals surface area contributed by atoms with Crippen LogP contribution in [0.1, 0.15) is 12.0 Å². The van der Waals surface area contributed by atoms with E-state index in [0.29, 0.717) is 6.42 Å². The zero-order valence-electron chi connectivity index (χ0n) is 14.9. The minimum Gasteiger partial charge on any atom is -0.346 e. The van der Waals surface area contributed by atoms with E-state index in [1.165, 1.54) is 0 Å². The fourth-order valence-corrected chi connectivity index (χ4v) is 3.11. The lowest BCUT2D eigenvalue weighted by Gasteiger charge is -2.08. The largest absolute Gasteiger partial charge is 0.346 e. The van der Waals surface area contributed by atoms with Crippen molar-refractivity contribution in [3.05, 3.63) is 84.2 Å². The van der Waals surface area contributed by atoms with E-state index >= 15 is 0 Å². The van der Waals surface area contributed by atoms with Crippen molar-refractivity contribution in [1.82, 2.24) is 9.97 Å². The van der Waals surface area contributed by atoms with Gasteiger partial charge in [-0.15, -0.1) is 0 Å². The Kier molecular flexibility index (Phi) is 4.85. The van der Waals surface area contributed by atoms with Crippen LogP contribution in [0.3, 0.4) is 0 Å². The molecule has 0 fully saturated rings. The SMILES string of the molecule is O=C(CCc1cccc(-c2cnc3[nH]ccc3c2)c1)Nc1cc(F)cc(F)c1. The number of anilines is 1. The van der Waals surface area contributed by atoms with E-state index in [1.807, 2.05) is 42.7 Å². The van der Waals surface area contributed by atoms with Crippen LogP contribution >= 0.6 is 0 Å². The molecule has 0 saturated carbocycles. The Balaban J connectivity index is 1.43. The van der Waals surface area contributed by atoms with Crippen LogP contribution in [0.25, 0.3) is 22.2 Å². The zero-order chi connectivity index (χ0) is 19.5. The normalized spacial score (nSPS) is 10.9. The highest BCUT2D eigenvalue weighted by Gasteiger charge is 2.07. The van der Waals surface area contributed by atoms with E-state index < -0.39 is 11.6 Å². The Morgan fingerprint density at radius 3 is 2.64 bits per heavy atom. The number of carbonyl (C=O) groups excluding carboxylic acids is 1. The average Bonchev–Trinajstić information content (AvgIpc) is 3.13. The molecule has 0 radical (unpaired) electrons. The number of aromatic amines is 1. The third-order valence-corrected chi connectivity index (χ3v) is 4.45. The first-order chi connectivity index (χ1) is 13.6. The van der Waals surface area contributed by atoms with Crippen LogP contribution in [0.15, 0.2) is 67.0 Å². The van der Waals surface area contributed by atoms with Gasteiger partial charge in [-0.2, -0.15) is 0 Å². The summed E-state index contributed by atoms with van der Waals surface area (Å²) in [5.41, 5.74) is 3.95. The minimum atomic E-state index is -0.726. The summed E-state index contributed by atoms with van der Waals surface area (Å²) >= 11 is 0. The minimum absolute atomic E-state index is 0.113. The highest BCUT2D eigenvalue weighted by Crippen LogP contribution is 2.23. The fourth-order valence-electron chi connectivity index (χ4n) is 3.11. The number of hydrogen-bond donors (Lipinski definition) is 2. The number of fused-ring (bicyclic) bond motifs is 1. The second kappa shape index (κ2) is 7.60. The van der Waals surface area contributed by atoms with Crippen LogP contribution in [-0.2, 0) is 11.2 Å². The maximum atomic E-state index is 13.2. The molecule has 0 spiro atoms. The molecule has 2 aromatic carbocycles. The van der Waals surface area contributed by atoms with E-state index in [1.54, 1.807) is 0 Å². The molecule has 0 saturated heterocycles. The molecule has 0 aliphatic rings. The number of benzene rings is 2. The predicted molar refractivity (Wildman–Crippen MR) is 105 cm³/mol. The van der Waals surface area contributed by atoms with Gasteiger partial charge in [-0.25, -0.2) is 13.8 Å². The first-order valence-corrected chi connectivity index (χ1v) is 8.85. The number of nitrogens with one attached hydrogen (secondary N) is 2. The summed E-state index contributed by atoms with van der Waals surface area (Å²) in [6.07, 6.45) is 4.37. The third kappa shape index (κ3) is 4.06. The topological polar surface area (TPSA) is 57.8 Å². The summed E-state index contributed by atoms with van der Waals surface area (Å²) in [5, 5.41) is 3.56. The van der Waals surface area contributed by atoms with E-state index in [0.717, 1.165) is 45.9 Å². The van der Waals surface area contributed by atoms with Gasteiger partial charge < -0.3 is 10.3 Å². The molecule has 0 aliphatic heterocycles. The van der Waals surface area contributed by atoms with E-state index in [-0.39, 0.29) is 18.0 Å². The molecule has 4 nitrogen and oxygen atoms in total. The van der Waals surface area contributed by atoms with Crippen LogP contribution in [0, 0.1) is 11.6 Å². The molecule has 6 heteroatoms. The number of nitrogens with zero attached hydrogens (tertiary/aromatic N) is 1. The first-order valence-electron chi connectivity index (χ1n) is 8.85. The van der Waals surface area contributed by atoms with Gasteiger partial charge in [0, 0.05) is 41.5 Å². The zero-order valence-corrected chi connectivity index (χ0v) is 14.9. The number of pyridine rings is 1. The molecule has 0 aliphatic carbocycles. The van der Waals surface area contributed by atoms with Crippen molar-refractivity contribution in [3.8, 4) is 11.1 Å². The van der Waals surface area contributed by atoms with Gasteiger partial charge in [0.15, 0.2) is 0 Å². The number of rotatable bonds is 5. The summed E-state index contributed by atoms with van der Waals surface area (Å²) in [7, 11) is 0. The van der Waals surface area contributed by atoms with Gasteiger partial charge in [0.25, 0.3) is 0 Å². The second-order valence-electron chi connectivity index (χ2n) is 6.55. The van der Waals surface area contributed by atoms with Gasteiger partial charge in [0.1, 0.15) is 17.3 Å². The molecule has 0 unspecified atom stereocenters. The number of hydrogen-bond acceptors (Lipinski definition) is 2. The number of aromatic nitrogens is 2. The number of carbonyl (C=O) groups is 1. The van der Waals surface area contributed by atoms with Crippen molar-refractivity contribution in [3.63, 3.8) is 0 Å². The van der Waals surface area contributed by atoms with Gasteiger partial charge in [-0.3, -0.25) is 4.79 Å². The van der Waals surface area contributed by atoms with E-state index in [4.69, 9.17) is 0 Å². The smallest absolute Gasteiger partial charge is 0.224 e. The molecule has 0 atom stereocenters. The van der Waals surface area contributed by atoms with Crippen molar-refractivity contribution in [2.24, 2.45) is 0 Å². The molecular formula is C22H17F2N3O. The molecule has 4 aromatic rings. The Bertz CT molecular complexity index is 1130. The average molecular weight is 377 g/mol. The van der Waals surface area contributed by atoms with Crippen molar-refractivity contribution < 1.29 is 13.6 Å². The van der Waals surface area contributed by atoms with E-state index in [9.17, 15) is 13.6 Å². The van der Waals surface area contributed by atoms with Crippen molar-refractivity contribution in [1.29, 1.82) is 0 Å². The predicted octanol–water partition coefficient (Wildman–Crippen LogP) is 5.08. The summed E-state index contributed by atoms with van der Waals surface area (Å²) in [4.78, 5) is 19.6. The number of H-pyrrole nitrogens is 1. The third-order valence-electron chi connectivity index (χ3n) is 4.45. The van der Waals surface area contributed by atoms with Gasteiger partial charge >= 0.3 is 0 Å². The Morgan fingerprint density at radius 1 is 1.00 bits per heavy atom. The van der Waals surface area contributed by atoms with Gasteiger partial charge in [-0.05, 0) is 41.8 Å². The molecular weight excluding hydrogens is 360 g/mol. The molecule has 2 aromatic heterocycles. The van der Waals surface area contributed by atoms with Gasteiger partial charge in [0.2, 0.25) is 5.91 Å². The fraction of sp³-hybridized carbons (Fsp3) is 0.0909. The molecule has 0 bridgehead atoms. The monoisotopic (exact) mass is 377 g/mol. The Labute approximate surface area is 160 Å². The van der Waals surface area contributed by atoms with Crippen molar-refractivity contribution >= 4 is 22.6 Å². The van der Waals surface area contributed by atoms with Crippen molar-refractivity contribution in [2.45, 2.75) is 12.8 Å². The number of halogens is 2. The van der Waals surface area contributed by atoms with Crippen LogP contribution in [0.2, 0.25) is 0 Å². The second-order valence-corrected chi connectivity index (χ2v) is 6.55. The molecule has 4 rings (SSSR count). The maximum absolute atomic E-state index is 13.2. The molecule has 140 valence electrons. The quantitative estimate of drug-likeness (QED) is 0.510. The molecule has 1 amide bonds. The lowest BCUT2D eigenvalue weighted by atomic mass is 10.0. The van der Waals surface area contributed by atoms with E-state index in [2.05, 4.69) is 21.4 Å². The summed E-state index contributed by atoms with van der Waals surface area (Å²) in [6, 6.07) is 14.9. The Hall–Kier alpha value is -3.54. The van der Waals surface area contributed by atoms with Crippen LogP contribution in [-0.4, -0.2) is 15.9 Å².